The van der Waals surface area contributed by atoms with Crippen molar-refractivity contribution in [2.24, 2.45) is 0 Å². The smallest absolute Gasteiger partial charge is 0.238 e. The Morgan fingerprint density at radius 1 is 1.33 bits per heavy atom. The van der Waals surface area contributed by atoms with Crippen molar-refractivity contribution in [1.29, 1.82) is 0 Å². The van der Waals surface area contributed by atoms with Crippen LogP contribution in [-0.2, 0) is 9.59 Å². The molecule has 21 heavy (non-hydrogen) atoms. The van der Waals surface area contributed by atoms with Crippen LogP contribution in [0, 0.1) is 5.82 Å². The second kappa shape index (κ2) is 7.17. The van der Waals surface area contributed by atoms with Gasteiger partial charge in [-0.05, 0) is 31.0 Å². The first-order valence-corrected chi connectivity index (χ1v) is 7.08. The van der Waals surface area contributed by atoms with Crippen LogP contribution >= 0.6 is 0 Å². The summed E-state index contributed by atoms with van der Waals surface area (Å²) in [4.78, 5) is 24.9. The number of amides is 2. The number of carbonyl (C=O) groups is 2. The van der Waals surface area contributed by atoms with Gasteiger partial charge in [0.05, 0.1) is 6.54 Å². The quantitative estimate of drug-likeness (QED) is 0.881. The molecule has 1 fully saturated rings. The maximum atomic E-state index is 13.0. The summed E-state index contributed by atoms with van der Waals surface area (Å²) in [5, 5.41) is 5.58. The summed E-state index contributed by atoms with van der Waals surface area (Å²) in [5.74, 6) is -0.542. The van der Waals surface area contributed by atoms with Gasteiger partial charge in [-0.15, -0.1) is 0 Å². The van der Waals surface area contributed by atoms with Crippen molar-refractivity contribution in [2.45, 2.75) is 25.8 Å². The number of hydrogen-bond donors (Lipinski definition) is 2. The van der Waals surface area contributed by atoms with E-state index >= 15 is 0 Å². The highest BCUT2D eigenvalue weighted by molar-refractivity contribution is 5.92. The van der Waals surface area contributed by atoms with Gasteiger partial charge in [-0.25, -0.2) is 4.39 Å². The van der Waals surface area contributed by atoms with Crippen LogP contribution in [0.3, 0.4) is 0 Å². The van der Waals surface area contributed by atoms with E-state index in [-0.39, 0.29) is 30.2 Å². The second-order valence-corrected chi connectivity index (χ2v) is 5.31. The molecule has 0 spiro atoms. The average Bonchev–Trinajstić information content (AvgIpc) is 2.40. The standard InChI is InChI=1S/C15H20FN3O2/c1-11(20)17-13-5-7-19(8-6-13)10-15(21)18-14-4-2-3-12(16)9-14/h2-4,9,13H,5-8,10H2,1H3,(H,17,20)(H,18,21). The lowest BCUT2D eigenvalue weighted by molar-refractivity contribution is -0.121. The first-order chi connectivity index (χ1) is 10.0. The topological polar surface area (TPSA) is 61.4 Å². The van der Waals surface area contributed by atoms with Crippen LogP contribution in [0.1, 0.15) is 19.8 Å². The van der Waals surface area contributed by atoms with Crippen LogP contribution in [0.5, 0.6) is 0 Å². The monoisotopic (exact) mass is 293 g/mol. The number of rotatable bonds is 4. The maximum absolute atomic E-state index is 13.0. The zero-order valence-corrected chi connectivity index (χ0v) is 12.1. The molecular weight excluding hydrogens is 273 g/mol. The number of halogens is 1. The normalized spacial score (nSPS) is 16.5. The van der Waals surface area contributed by atoms with E-state index in [2.05, 4.69) is 10.6 Å². The molecule has 0 aromatic heterocycles. The Hall–Kier alpha value is -1.95. The Morgan fingerprint density at radius 3 is 2.67 bits per heavy atom. The van der Waals surface area contributed by atoms with E-state index in [1.807, 2.05) is 4.90 Å². The van der Waals surface area contributed by atoms with Crippen molar-refractivity contribution in [3.63, 3.8) is 0 Å². The third-order valence-electron chi connectivity index (χ3n) is 3.47. The highest BCUT2D eigenvalue weighted by atomic mass is 19.1. The second-order valence-electron chi connectivity index (χ2n) is 5.31. The number of nitrogens with zero attached hydrogens (tertiary/aromatic N) is 1. The SMILES string of the molecule is CC(=O)NC1CCN(CC(=O)Nc2cccc(F)c2)CC1. The van der Waals surface area contributed by atoms with Crippen molar-refractivity contribution in [3.05, 3.63) is 30.1 Å². The maximum Gasteiger partial charge on any atom is 0.238 e. The Balaban J connectivity index is 1.75. The molecule has 0 unspecified atom stereocenters. The minimum atomic E-state index is -0.371. The number of anilines is 1. The molecule has 2 rings (SSSR count). The van der Waals surface area contributed by atoms with Gasteiger partial charge in [0, 0.05) is 31.7 Å². The molecular formula is C15H20FN3O2. The van der Waals surface area contributed by atoms with Crippen LogP contribution in [0.4, 0.5) is 10.1 Å². The number of carbonyl (C=O) groups excluding carboxylic acids is 2. The number of nitrogens with one attached hydrogen (secondary N) is 2. The van der Waals surface area contributed by atoms with Crippen LogP contribution < -0.4 is 10.6 Å². The molecule has 0 aliphatic carbocycles. The largest absolute Gasteiger partial charge is 0.354 e. The molecule has 0 saturated carbocycles. The lowest BCUT2D eigenvalue weighted by Crippen LogP contribution is -2.46. The Morgan fingerprint density at radius 2 is 2.05 bits per heavy atom. The summed E-state index contributed by atoms with van der Waals surface area (Å²) in [6, 6.07) is 6.04. The molecule has 0 atom stereocenters. The molecule has 6 heteroatoms. The molecule has 1 heterocycles. The van der Waals surface area contributed by atoms with Crippen molar-refractivity contribution in [2.75, 3.05) is 25.0 Å². The summed E-state index contributed by atoms with van der Waals surface area (Å²) in [6.45, 7) is 3.32. The van der Waals surface area contributed by atoms with Gasteiger partial charge in [-0.3, -0.25) is 14.5 Å². The van der Waals surface area contributed by atoms with Gasteiger partial charge >= 0.3 is 0 Å². The van der Waals surface area contributed by atoms with Gasteiger partial charge < -0.3 is 10.6 Å². The predicted molar refractivity (Wildman–Crippen MR) is 78.3 cm³/mol. The van der Waals surface area contributed by atoms with Crippen molar-refractivity contribution < 1.29 is 14.0 Å². The molecule has 0 radical (unpaired) electrons. The van der Waals surface area contributed by atoms with Gasteiger partial charge in [0.15, 0.2) is 0 Å². The molecule has 1 aliphatic rings. The van der Waals surface area contributed by atoms with Gasteiger partial charge in [0.25, 0.3) is 0 Å². The van der Waals surface area contributed by atoms with E-state index in [1.54, 1.807) is 12.1 Å². The third-order valence-corrected chi connectivity index (χ3v) is 3.47. The molecule has 0 bridgehead atoms. The zero-order chi connectivity index (χ0) is 15.2. The molecule has 1 saturated heterocycles. The molecule has 1 aromatic rings. The highest BCUT2D eigenvalue weighted by Gasteiger charge is 2.21. The third kappa shape index (κ3) is 5.15. The molecule has 1 aromatic carbocycles. The Labute approximate surface area is 123 Å². The predicted octanol–water partition coefficient (Wildman–Crippen LogP) is 1.36. The van der Waals surface area contributed by atoms with Crippen LogP contribution in [0.15, 0.2) is 24.3 Å². The van der Waals surface area contributed by atoms with Crippen molar-refractivity contribution in [3.8, 4) is 0 Å². The van der Waals surface area contributed by atoms with Crippen LogP contribution in [0.2, 0.25) is 0 Å². The summed E-state index contributed by atoms with van der Waals surface area (Å²) in [5.41, 5.74) is 0.466. The van der Waals surface area contributed by atoms with E-state index in [0.29, 0.717) is 5.69 Å². The summed E-state index contributed by atoms with van der Waals surface area (Å²) in [6.07, 6.45) is 1.68. The number of likely N-dealkylation sites (tertiary alicyclic amines) is 1. The number of piperidine rings is 1. The van der Waals surface area contributed by atoms with Gasteiger partial charge in [0.2, 0.25) is 11.8 Å². The minimum Gasteiger partial charge on any atom is -0.354 e. The number of hydrogen-bond acceptors (Lipinski definition) is 3. The van der Waals surface area contributed by atoms with E-state index in [4.69, 9.17) is 0 Å². The number of benzene rings is 1. The van der Waals surface area contributed by atoms with E-state index in [9.17, 15) is 14.0 Å². The van der Waals surface area contributed by atoms with Crippen LogP contribution in [-0.4, -0.2) is 42.4 Å². The summed E-state index contributed by atoms with van der Waals surface area (Å²) in [7, 11) is 0. The van der Waals surface area contributed by atoms with Crippen LogP contribution in [0.25, 0.3) is 0 Å². The fourth-order valence-corrected chi connectivity index (χ4v) is 2.49. The van der Waals surface area contributed by atoms with E-state index < -0.39 is 0 Å². The van der Waals surface area contributed by atoms with Gasteiger partial charge in [0.1, 0.15) is 5.82 Å². The van der Waals surface area contributed by atoms with E-state index in [1.165, 1.54) is 19.1 Å². The average molecular weight is 293 g/mol. The summed E-state index contributed by atoms with van der Waals surface area (Å²) >= 11 is 0. The highest BCUT2D eigenvalue weighted by Crippen LogP contribution is 2.12. The van der Waals surface area contributed by atoms with Crippen molar-refractivity contribution >= 4 is 17.5 Å². The Bertz CT molecular complexity index is 513. The fourth-order valence-electron chi connectivity index (χ4n) is 2.49. The van der Waals surface area contributed by atoms with Gasteiger partial charge in [-0.1, -0.05) is 6.07 Å². The van der Waals surface area contributed by atoms with Gasteiger partial charge in [-0.2, -0.15) is 0 Å². The van der Waals surface area contributed by atoms with E-state index in [0.717, 1.165) is 25.9 Å². The molecule has 114 valence electrons. The first-order valence-electron chi connectivity index (χ1n) is 7.08. The molecule has 5 nitrogen and oxygen atoms in total. The lowest BCUT2D eigenvalue weighted by atomic mass is 10.1. The minimum absolute atomic E-state index is 0.0164. The molecule has 1 aliphatic heterocycles. The molecule has 2 amide bonds. The first kappa shape index (κ1) is 15.4. The molecule has 2 N–H and O–H groups in total. The lowest BCUT2D eigenvalue weighted by Gasteiger charge is -2.31. The Kier molecular flexibility index (Phi) is 5.27. The summed E-state index contributed by atoms with van der Waals surface area (Å²) < 4.78 is 13.0. The fraction of sp³-hybridized carbons (Fsp3) is 0.467. The van der Waals surface area contributed by atoms with Crippen molar-refractivity contribution in [1.82, 2.24) is 10.2 Å². The zero-order valence-electron chi connectivity index (χ0n) is 12.1.